The maximum atomic E-state index is 11.7. The summed E-state index contributed by atoms with van der Waals surface area (Å²) in [7, 11) is 3.40. The molecule has 2 aliphatic rings. The first-order valence-electron chi connectivity index (χ1n) is 13.4. The van der Waals surface area contributed by atoms with E-state index >= 15 is 0 Å². The van der Waals surface area contributed by atoms with Crippen LogP contribution in [0.15, 0.2) is 42.5 Å². The zero-order chi connectivity index (χ0) is 26.7. The van der Waals surface area contributed by atoms with Gasteiger partial charge < -0.3 is 38.6 Å². The van der Waals surface area contributed by atoms with Crippen LogP contribution in [0.2, 0.25) is 0 Å². The van der Waals surface area contributed by atoms with E-state index in [0.29, 0.717) is 45.9 Å². The molecule has 1 N–H and O–H groups in total. The second-order valence-corrected chi connectivity index (χ2v) is 9.72. The van der Waals surface area contributed by atoms with Gasteiger partial charge >= 0.3 is 6.09 Å². The largest absolute Gasteiger partial charge is 0.494 e. The van der Waals surface area contributed by atoms with Gasteiger partial charge in [0.15, 0.2) is 0 Å². The summed E-state index contributed by atoms with van der Waals surface area (Å²) in [6.07, 6.45) is 1.33. The minimum absolute atomic E-state index is 0.0969. The van der Waals surface area contributed by atoms with Gasteiger partial charge in [0.1, 0.15) is 18.1 Å². The van der Waals surface area contributed by atoms with Gasteiger partial charge in [-0.15, -0.1) is 0 Å². The summed E-state index contributed by atoms with van der Waals surface area (Å²) in [4.78, 5) is 15.5. The van der Waals surface area contributed by atoms with E-state index in [4.69, 9.17) is 23.7 Å². The summed E-state index contributed by atoms with van der Waals surface area (Å²) >= 11 is 0. The summed E-state index contributed by atoms with van der Waals surface area (Å²) in [5.74, 6) is 1.80. The molecular formula is C29H40N2O7. The number of carboxylic acid groups (broad SMARTS) is 1. The van der Waals surface area contributed by atoms with Gasteiger partial charge in [-0.2, -0.15) is 0 Å². The Bertz CT molecular complexity index is 1020. The van der Waals surface area contributed by atoms with E-state index in [1.807, 2.05) is 24.3 Å². The molecule has 2 atom stereocenters. The summed E-state index contributed by atoms with van der Waals surface area (Å²) in [6.45, 7) is 5.63. The third-order valence-electron chi connectivity index (χ3n) is 7.12. The quantitative estimate of drug-likeness (QED) is 0.383. The molecule has 0 radical (unpaired) electrons. The van der Waals surface area contributed by atoms with E-state index in [2.05, 4.69) is 23.1 Å². The van der Waals surface area contributed by atoms with Gasteiger partial charge in [0, 0.05) is 52.9 Å². The predicted molar refractivity (Wildman–Crippen MR) is 145 cm³/mol. The van der Waals surface area contributed by atoms with Crippen molar-refractivity contribution in [3.8, 4) is 11.5 Å². The molecule has 208 valence electrons. The summed E-state index contributed by atoms with van der Waals surface area (Å²) < 4.78 is 28.4. The predicted octanol–water partition coefficient (Wildman–Crippen LogP) is 4.39. The highest BCUT2D eigenvalue weighted by Crippen LogP contribution is 2.35. The number of methoxy groups -OCH3 is 2. The van der Waals surface area contributed by atoms with Crippen LogP contribution in [0, 0.1) is 0 Å². The number of piperidine rings is 1. The Labute approximate surface area is 225 Å². The second kappa shape index (κ2) is 14.2. The highest BCUT2D eigenvalue weighted by molar-refractivity contribution is 5.65. The molecule has 38 heavy (non-hydrogen) atoms. The molecule has 2 unspecified atom stereocenters. The molecule has 1 fully saturated rings. The Hall–Kier alpha value is -3.01. The molecule has 0 saturated carbocycles. The first-order chi connectivity index (χ1) is 18.6. The lowest BCUT2D eigenvalue weighted by Gasteiger charge is -2.37. The van der Waals surface area contributed by atoms with Crippen LogP contribution in [0.25, 0.3) is 0 Å². The van der Waals surface area contributed by atoms with Gasteiger partial charge in [-0.3, -0.25) is 0 Å². The van der Waals surface area contributed by atoms with E-state index < -0.39 is 6.09 Å². The van der Waals surface area contributed by atoms with Crippen molar-refractivity contribution in [2.45, 2.75) is 37.9 Å². The van der Waals surface area contributed by atoms with Crippen LogP contribution in [0.1, 0.15) is 36.3 Å². The molecule has 0 bridgehead atoms. The maximum absolute atomic E-state index is 11.7. The SMILES string of the molecule is COCCCOc1ccc(C2CCN(C(=O)O)CC2OCc2ccc3c(c2)N(CCCOC)CCO3)cc1. The Morgan fingerprint density at radius 2 is 1.82 bits per heavy atom. The molecule has 0 spiro atoms. The zero-order valence-corrected chi connectivity index (χ0v) is 22.5. The average Bonchev–Trinajstić information content (AvgIpc) is 2.94. The standard InChI is InChI=1S/C29H40N2O7/c1-34-15-3-12-30-14-18-37-27-10-5-22(19-26(27)30)21-38-28-20-31(29(32)33)13-11-25(28)23-6-8-24(9-7-23)36-17-4-16-35-2/h5-10,19,25,28H,3-4,11-18,20-21H2,1-2H3,(H,32,33). The van der Waals surface area contributed by atoms with Crippen LogP contribution >= 0.6 is 0 Å². The summed E-state index contributed by atoms with van der Waals surface area (Å²) in [5.41, 5.74) is 3.24. The van der Waals surface area contributed by atoms with Gasteiger partial charge in [-0.25, -0.2) is 4.79 Å². The lowest BCUT2D eigenvalue weighted by Crippen LogP contribution is -2.46. The molecule has 0 aromatic heterocycles. The van der Waals surface area contributed by atoms with Gasteiger partial charge in [0.25, 0.3) is 0 Å². The van der Waals surface area contributed by atoms with E-state index in [1.165, 1.54) is 4.90 Å². The van der Waals surface area contributed by atoms with Crippen molar-refractivity contribution in [3.63, 3.8) is 0 Å². The number of hydrogen-bond acceptors (Lipinski definition) is 7. The Morgan fingerprint density at radius 1 is 1.03 bits per heavy atom. The van der Waals surface area contributed by atoms with Gasteiger partial charge in [0.2, 0.25) is 0 Å². The Morgan fingerprint density at radius 3 is 2.58 bits per heavy atom. The first-order valence-corrected chi connectivity index (χ1v) is 13.4. The zero-order valence-electron chi connectivity index (χ0n) is 22.5. The molecular weight excluding hydrogens is 488 g/mol. The van der Waals surface area contributed by atoms with Crippen LogP contribution in [-0.2, 0) is 20.8 Å². The van der Waals surface area contributed by atoms with Crippen LogP contribution < -0.4 is 14.4 Å². The third-order valence-corrected chi connectivity index (χ3v) is 7.12. The van der Waals surface area contributed by atoms with Crippen molar-refractivity contribution in [1.29, 1.82) is 0 Å². The second-order valence-electron chi connectivity index (χ2n) is 9.72. The lowest BCUT2D eigenvalue weighted by molar-refractivity contribution is -0.0199. The van der Waals surface area contributed by atoms with Crippen molar-refractivity contribution < 1.29 is 33.6 Å². The van der Waals surface area contributed by atoms with Crippen molar-refractivity contribution >= 4 is 11.8 Å². The molecule has 0 aliphatic carbocycles. The fourth-order valence-electron chi connectivity index (χ4n) is 5.09. The lowest BCUT2D eigenvalue weighted by atomic mass is 9.87. The molecule has 9 nitrogen and oxygen atoms in total. The molecule has 2 aliphatic heterocycles. The number of nitrogens with zero attached hydrogens (tertiary/aromatic N) is 2. The van der Waals surface area contributed by atoms with Crippen molar-refractivity contribution in [2.75, 3.05) is 71.7 Å². The fraction of sp³-hybridized carbons (Fsp3) is 0.552. The normalized spacial score (nSPS) is 19.1. The minimum atomic E-state index is -0.908. The smallest absolute Gasteiger partial charge is 0.407 e. The average molecular weight is 529 g/mol. The topological polar surface area (TPSA) is 89.9 Å². The highest BCUT2D eigenvalue weighted by atomic mass is 16.5. The van der Waals surface area contributed by atoms with Gasteiger partial charge in [0.05, 0.1) is 38.1 Å². The molecule has 2 heterocycles. The summed E-state index contributed by atoms with van der Waals surface area (Å²) in [6, 6.07) is 14.2. The molecule has 1 saturated heterocycles. The first kappa shape index (κ1) is 28.0. The number of ether oxygens (including phenoxy) is 5. The molecule has 2 aromatic rings. The molecule has 2 aromatic carbocycles. The van der Waals surface area contributed by atoms with E-state index in [0.717, 1.165) is 60.9 Å². The van der Waals surface area contributed by atoms with E-state index in [-0.39, 0.29) is 12.0 Å². The monoisotopic (exact) mass is 528 g/mol. The van der Waals surface area contributed by atoms with Crippen LogP contribution in [0.3, 0.4) is 0 Å². The maximum Gasteiger partial charge on any atom is 0.407 e. The van der Waals surface area contributed by atoms with Crippen molar-refractivity contribution in [1.82, 2.24) is 4.90 Å². The van der Waals surface area contributed by atoms with Crippen molar-refractivity contribution in [2.24, 2.45) is 0 Å². The minimum Gasteiger partial charge on any atom is -0.494 e. The van der Waals surface area contributed by atoms with Crippen LogP contribution in [0.5, 0.6) is 11.5 Å². The Kier molecular flexibility index (Phi) is 10.5. The number of carbonyl (C=O) groups is 1. The van der Waals surface area contributed by atoms with Crippen LogP contribution in [0.4, 0.5) is 10.5 Å². The number of amides is 1. The number of rotatable bonds is 13. The van der Waals surface area contributed by atoms with Crippen LogP contribution in [-0.4, -0.2) is 89.0 Å². The fourth-order valence-corrected chi connectivity index (χ4v) is 5.09. The summed E-state index contributed by atoms with van der Waals surface area (Å²) in [5, 5.41) is 9.62. The van der Waals surface area contributed by atoms with Gasteiger partial charge in [-0.1, -0.05) is 18.2 Å². The third kappa shape index (κ3) is 7.52. The highest BCUT2D eigenvalue weighted by Gasteiger charge is 2.33. The molecule has 1 amide bonds. The number of fused-ring (bicyclic) bond motifs is 1. The van der Waals surface area contributed by atoms with E-state index in [1.54, 1.807) is 14.2 Å². The number of hydrogen-bond donors (Lipinski definition) is 1. The van der Waals surface area contributed by atoms with E-state index in [9.17, 15) is 9.90 Å². The Balaban J connectivity index is 1.42. The van der Waals surface area contributed by atoms with Crippen molar-refractivity contribution in [3.05, 3.63) is 53.6 Å². The molecule has 9 heteroatoms. The molecule has 4 rings (SSSR count). The number of anilines is 1. The van der Waals surface area contributed by atoms with Gasteiger partial charge in [-0.05, 0) is 48.2 Å². The number of likely N-dealkylation sites (tertiary alicyclic amines) is 1. The number of benzene rings is 2.